The number of ether oxygens (including phenoxy) is 2. The Morgan fingerprint density at radius 1 is 1.00 bits per heavy atom. The molecule has 0 bridgehead atoms. The molecule has 4 rings (SSSR count). The predicted molar refractivity (Wildman–Crippen MR) is 121 cm³/mol. The molecule has 2 N–H and O–H groups in total. The van der Waals surface area contributed by atoms with Crippen LogP contribution in [0.1, 0.15) is 12.5 Å². The highest BCUT2D eigenvalue weighted by atomic mass is 16.6. The highest BCUT2D eigenvalue weighted by Gasteiger charge is 2.14. The SMILES string of the molecule is CCc1cccc(Nc2ncnc3cc(OC)c(NC(=O)Oc4ccccc4)cc23)c1. The van der Waals surface area contributed by atoms with Gasteiger partial charge in [0.2, 0.25) is 0 Å². The minimum Gasteiger partial charge on any atom is -0.494 e. The molecular formula is C24H22N4O3. The summed E-state index contributed by atoms with van der Waals surface area (Å²) < 4.78 is 10.8. The number of carbonyl (C=O) groups excluding carboxylic acids is 1. The molecule has 0 atom stereocenters. The predicted octanol–water partition coefficient (Wildman–Crippen LogP) is 5.56. The van der Waals surface area contributed by atoms with Crippen molar-refractivity contribution in [1.82, 2.24) is 9.97 Å². The summed E-state index contributed by atoms with van der Waals surface area (Å²) in [6, 6.07) is 20.5. The van der Waals surface area contributed by atoms with Crippen molar-refractivity contribution in [3.8, 4) is 11.5 Å². The van der Waals surface area contributed by atoms with Crippen LogP contribution in [0.15, 0.2) is 73.1 Å². The molecular weight excluding hydrogens is 392 g/mol. The van der Waals surface area contributed by atoms with E-state index in [-0.39, 0.29) is 0 Å². The second kappa shape index (κ2) is 9.13. The van der Waals surface area contributed by atoms with Gasteiger partial charge in [0, 0.05) is 17.1 Å². The average molecular weight is 414 g/mol. The fourth-order valence-corrected chi connectivity index (χ4v) is 3.19. The molecule has 0 saturated carbocycles. The maximum atomic E-state index is 12.4. The van der Waals surface area contributed by atoms with Gasteiger partial charge in [-0.2, -0.15) is 0 Å². The van der Waals surface area contributed by atoms with Gasteiger partial charge in [0.05, 0.1) is 18.3 Å². The lowest BCUT2D eigenvalue weighted by Crippen LogP contribution is -2.17. The Labute approximate surface area is 180 Å². The molecule has 1 aromatic heterocycles. The number of anilines is 3. The first-order valence-corrected chi connectivity index (χ1v) is 9.89. The number of hydrogen-bond acceptors (Lipinski definition) is 6. The first-order valence-electron chi connectivity index (χ1n) is 9.89. The average Bonchev–Trinajstić information content (AvgIpc) is 2.80. The van der Waals surface area contributed by atoms with E-state index in [0.29, 0.717) is 28.5 Å². The van der Waals surface area contributed by atoms with Crippen LogP contribution in [0.2, 0.25) is 0 Å². The van der Waals surface area contributed by atoms with E-state index in [9.17, 15) is 4.79 Å². The molecule has 31 heavy (non-hydrogen) atoms. The Morgan fingerprint density at radius 3 is 2.61 bits per heavy atom. The van der Waals surface area contributed by atoms with Gasteiger partial charge in [-0.25, -0.2) is 14.8 Å². The normalized spacial score (nSPS) is 10.5. The monoisotopic (exact) mass is 414 g/mol. The maximum absolute atomic E-state index is 12.4. The first kappa shape index (κ1) is 20.2. The molecule has 1 heterocycles. The van der Waals surface area contributed by atoms with E-state index in [4.69, 9.17) is 9.47 Å². The molecule has 0 fully saturated rings. The number of nitrogens with one attached hydrogen (secondary N) is 2. The van der Waals surface area contributed by atoms with Gasteiger partial charge < -0.3 is 14.8 Å². The second-order valence-corrected chi connectivity index (χ2v) is 6.80. The van der Waals surface area contributed by atoms with Gasteiger partial charge in [-0.15, -0.1) is 0 Å². The summed E-state index contributed by atoms with van der Waals surface area (Å²) in [5.74, 6) is 1.54. The van der Waals surface area contributed by atoms with E-state index in [0.717, 1.165) is 17.5 Å². The van der Waals surface area contributed by atoms with Crippen molar-refractivity contribution in [3.05, 3.63) is 78.6 Å². The van der Waals surface area contributed by atoms with Crippen LogP contribution in [0, 0.1) is 0 Å². The summed E-state index contributed by atoms with van der Waals surface area (Å²) in [7, 11) is 1.53. The van der Waals surface area contributed by atoms with Crippen LogP contribution >= 0.6 is 0 Å². The third-order valence-electron chi connectivity index (χ3n) is 4.75. The van der Waals surface area contributed by atoms with Crippen molar-refractivity contribution in [2.75, 3.05) is 17.7 Å². The fraction of sp³-hybridized carbons (Fsp3) is 0.125. The quantitative estimate of drug-likeness (QED) is 0.430. The number of nitrogens with zero attached hydrogens (tertiary/aromatic N) is 2. The van der Waals surface area contributed by atoms with Crippen molar-refractivity contribution >= 4 is 34.2 Å². The Balaban J connectivity index is 1.65. The first-order chi connectivity index (χ1) is 15.2. The van der Waals surface area contributed by atoms with Crippen molar-refractivity contribution < 1.29 is 14.3 Å². The third-order valence-corrected chi connectivity index (χ3v) is 4.75. The van der Waals surface area contributed by atoms with Gasteiger partial charge in [-0.1, -0.05) is 37.3 Å². The van der Waals surface area contributed by atoms with Crippen molar-refractivity contribution in [3.63, 3.8) is 0 Å². The summed E-state index contributed by atoms with van der Waals surface area (Å²) in [5.41, 5.74) is 3.28. The zero-order chi connectivity index (χ0) is 21.6. The summed E-state index contributed by atoms with van der Waals surface area (Å²) in [6.45, 7) is 2.11. The van der Waals surface area contributed by atoms with Gasteiger partial charge in [0.1, 0.15) is 23.6 Å². The zero-order valence-corrected chi connectivity index (χ0v) is 17.3. The van der Waals surface area contributed by atoms with Gasteiger partial charge in [-0.05, 0) is 42.3 Å². The van der Waals surface area contributed by atoms with E-state index in [1.54, 1.807) is 36.4 Å². The van der Waals surface area contributed by atoms with Crippen LogP contribution in [-0.2, 0) is 6.42 Å². The molecule has 0 radical (unpaired) electrons. The van der Waals surface area contributed by atoms with E-state index in [2.05, 4.69) is 39.7 Å². The standard InChI is InChI=1S/C24H22N4O3/c1-3-16-8-7-9-17(12-16)27-23-19-13-21(22(30-2)14-20(19)25-15-26-23)28-24(29)31-18-10-5-4-6-11-18/h4-15H,3H2,1-2H3,(H,28,29)(H,25,26,27). The highest BCUT2D eigenvalue weighted by Crippen LogP contribution is 2.33. The molecule has 3 aromatic carbocycles. The Kier molecular flexibility index (Phi) is 5.93. The van der Waals surface area contributed by atoms with E-state index >= 15 is 0 Å². The number of rotatable bonds is 6. The van der Waals surface area contributed by atoms with Crippen molar-refractivity contribution in [2.45, 2.75) is 13.3 Å². The van der Waals surface area contributed by atoms with Crippen LogP contribution in [0.25, 0.3) is 10.9 Å². The van der Waals surface area contributed by atoms with Crippen LogP contribution in [0.5, 0.6) is 11.5 Å². The Hall–Kier alpha value is -4.13. The molecule has 7 heteroatoms. The zero-order valence-electron chi connectivity index (χ0n) is 17.3. The van der Waals surface area contributed by atoms with Crippen LogP contribution in [0.4, 0.5) is 22.0 Å². The number of hydrogen-bond donors (Lipinski definition) is 2. The second-order valence-electron chi connectivity index (χ2n) is 6.80. The lowest BCUT2D eigenvalue weighted by molar-refractivity contribution is 0.215. The number of methoxy groups -OCH3 is 1. The maximum Gasteiger partial charge on any atom is 0.417 e. The van der Waals surface area contributed by atoms with Gasteiger partial charge in [0.25, 0.3) is 0 Å². The largest absolute Gasteiger partial charge is 0.494 e. The van der Waals surface area contributed by atoms with E-state index < -0.39 is 6.09 Å². The molecule has 0 aliphatic carbocycles. The van der Waals surface area contributed by atoms with Gasteiger partial charge in [0.15, 0.2) is 0 Å². The van der Waals surface area contributed by atoms with Crippen LogP contribution < -0.4 is 20.1 Å². The lowest BCUT2D eigenvalue weighted by atomic mass is 10.1. The Morgan fingerprint density at radius 2 is 1.84 bits per heavy atom. The van der Waals surface area contributed by atoms with Crippen LogP contribution in [-0.4, -0.2) is 23.2 Å². The van der Waals surface area contributed by atoms with Gasteiger partial charge in [-0.3, -0.25) is 5.32 Å². The number of aryl methyl sites for hydroxylation is 1. The molecule has 7 nitrogen and oxygen atoms in total. The van der Waals surface area contributed by atoms with E-state index in [1.165, 1.54) is 19.0 Å². The number of benzene rings is 3. The Bertz CT molecular complexity index is 1210. The minimum atomic E-state index is -0.620. The number of amides is 1. The summed E-state index contributed by atoms with van der Waals surface area (Å²) in [4.78, 5) is 21.1. The van der Waals surface area contributed by atoms with Gasteiger partial charge >= 0.3 is 6.09 Å². The lowest BCUT2D eigenvalue weighted by Gasteiger charge is -2.14. The smallest absolute Gasteiger partial charge is 0.417 e. The molecule has 0 aliphatic heterocycles. The van der Waals surface area contributed by atoms with Crippen molar-refractivity contribution in [1.29, 1.82) is 0 Å². The summed E-state index contributed by atoms with van der Waals surface area (Å²) in [6.07, 6.45) is 1.81. The highest BCUT2D eigenvalue weighted by molar-refractivity contribution is 5.98. The number of aromatic nitrogens is 2. The molecule has 0 spiro atoms. The molecule has 1 amide bonds. The minimum absolute atomic E-state index is 0.446. The molecule has 0 aliphatic rings. The number of carbonyl (C=O) groups is 1. The number of para-hydroxylation sites is 1. The third kappa shape index (κ3) is 4.72. The van der Waals surface area contributed by atoms with Crippen LogP contribution in [0.3, 0.4) is 0 Å². The van der Waals surface area contributed by atoms with Crippen molar-refractivity contribution in [2.24, 2.45) is 0 Å². The molecule has 4 aromatic rings. The molecule has 0 saturated heterocycles. The van der Waals surface area contributed by atoms with E-state index in [1.807, 2.05) is 18.2 Å². The number of fused-ring (bicyclic) bond motifs is 1. The molecule has 156 valence electrons. The summed E-state index contributed by atoms with van der Waals surface area (Å²) in [5, 5.41) is 6.82. The summed E-state index contributed by atoms with van der Waals surface area (Å²) >= 11 is 0. The fourth-order valence-electron chi connectivity index (χ4n) is 3.19. The topological polar surface area (TPSA) is 85.4 Å². The molecule has 0 unspecified atom stereocenters.